The summed E-state index contributed by atoms with van der Waals surface area (Å²) in [6.07, 6.45) is 7.70. The Kier molecular flexibility index (Phi) is 5.99. The minimum absolute atomic E-state index is 0.0654. The molecule has 0 unspecified atom stereocenters. The van der Waals surface area contributed by atoms with Crippen molar-refractivity contribution in [1.82, 2.24) is 10.3 Å². The highest BCUT2D eigenvalue weighted by atomic mass is 16.5. The molecule has 0 aliphatic carbocycles. The van der Waals surface area contributed by atoms with Crippen molar-refractivity contribution in [3.05, 3.63) is 65.5 Å². The molecule has 1 aliphatic heterocycles. The summed E-state index contributed by atoms with van der Waals surface area (Å²) in [6.45, 7) is 1.12. The summed E-state index contributed by atoms with van der Waals surface area (Å²) in [6, 6.07) is 9.51. The van der Waals surface area contributed by atoms with Crippen molar-refractivity contribution < 1.29 is 14.6 Å². The molecule has 136 valence electrons. The highest BCUT2D eigenvalue weighted by Crippen LogP contribution is 2.28. The summed E-state index contributed by atoms with van der Waals surface area (Å²) in [7, 11) is 0. The van der Waals surface area contributed by atoms with Gasteiger partial charge in [0.25, 0.3) is 0 Å². The number of carbonyl (C=O) groups excluding carboxylic acids is 1. The predicted molar refractivity (Wildman–Crippen MR) is 99.5 cm³/mol. The van der Waals surface area contributed by atoms with Gasteiger partial charge in [0.15, 0.2) is 0 Å². The molecule has 2 aromatic rings. The first-order chi connectivity index (χ1) is 12.6. The highest BCUT2D eigenvalue weighted by molar-refractivity contribution is 5.90. The van der Waals surface area contributed by atoms with Crippen LogP contribution in [0.5, 0.6) is 5.75 Å². The largest absolute Gasteiger partial charge is 0.489 e. The Bertz CT molecular complexity index is 777. The van der Waals surface area contributed by atoms with Gasteiger partial charge in [-0.15, -0.1) is 0 Å². The van der Waals surface area contributed by atoms with Crippen molar-refractivity contribution in [3.63, 3.8) is 0 Å². The zero-order chi connectivity index (χ0) is 18.4. The van der Waals surface area contributed by atoms with Crippen LogP contribution in [0.4, 0.5) is 0 Å². The zero-order valence-corrected chi connectivity index (χ0v) is 14.5. The lowest BCUT2D eigenvalue weighted by Crippen LogP contribution is -2.36. The van der Waals surface area contributed by atoms with E-state index in [4.69, 9.17) is 10.5 Å². The van der Waals surface area contributed by atoms with Crippen LogP contribution in [-0.4, -0.2) is 35.2 Å². The van der Waals surface area contributed by atoms with Gasteiger partial charge in [0.2, 0.25) is 5.91 Å². The summed E-state index contributed by atoms with van der Waals surface area (Å²) in [4.78, 5) is 14.8. The van der Waals surface area contributed by atoms with E-state index in [9.17, 15) is 9.90 Å². The lowest BCUT2D eigenvalue weighted by molar-refractivity contribution is -0.113. The van der Waals surface area contributed by atoms with Crippen LogP contribution in [0.2, 0.25) is 0 Å². The fourth-order valence-electron chi connectivity index (χ4n) is 2.96. The van der Waals surface area contributed by atoms with Crippen LogP contribution in [0.3, 0.4) is 0 Å². The summed E-state index contributed by atoms with van der Waals surface area (Å²) >= 11 is 0. The van der Waals surface area contributed by atoms with Crippen molar-refractivity contribution >= 4 is 12.0 Å². The van der Waals surface area contributed by atoms with Crippen LogP contribution >= 0.6 is 0 Å². The standard InChI is InChI=1S/C20H23N3O3/c21-20(25)8-4-14-3-7-19-15(10-14)5-6-17(26-19)12-23-13-18(24)16-2-1-9-22-11-16/h1-4,7-11,17-18,23-24H,5-6,12-13H2,(H2,21,25)/b8-4-/t17-,18+/m0/s1. The molecule has 0 spiro atoms. The molecule has 2 atom stereocenters. The molecule has 4 N–H and O–H groups in total. The number of pyridine rings is 1. The molecule has 1 aromatic heterocycles. The summed E-state index contributed by atoms with van der Waals surface area (Å²) in [5.74, 6) is 0.408. The second-order valence-electron chi connectivity index (χ2n) is 6.34. The molecule has 6 heteroatoms. The smallest absolute Gasteiger partial charge is 0.241 e. The van der Waals surface area contributed by atoms with Crippen molar-refractivity contribution in [2.75, 3.05) is 13.1 Å². The molecule has 0 saturated heterocycles. The number of nitrogens with zero attached hydrogens (tertiary/aromatic N) is 1. The van der Waals surface area contributed by atoms with Crippen LogP contribution in [0, 0.1) is 0 Å². The number of rotatable bonds is 7. The predicted octanol–water partition coefficient (Wildman–Crippen LogP) is 1.60. The highest BCUT2D eigenvalue weighted by Gasteiger charge is 2.20. The van der Waals surface area contributed by atoms with Gasteiger partial charge in [-0.3, -0.25) is 9.78 Å². The number of amides is 1. The summed E-state index contributed by atoms with van der Waals surface area (Å²) in [5.41, 5.74) is 7.98. The molecule has 2 heterocycles. The number of ether oxygens (including phenoxy) is 1. The summed E-state index contributed by atoms with van der Waals surface area (Å²) in [5, 5.41) is 13.4. The van der Waals surface area contributed by atoms with E-state index in [1.165, 1.54) is 6.08 Å². The van der Waals surface area contributed by atoms with Gasteiger partial charge < -0.3 is 20.9 Å². The minimum atomic E-state index is -0.584. The molecule has 0 bridgehead atoms. The van der Waals surface area contributed by atoms with Gasteiger partial charge in [-0.05, 0) is 48.2 Å². The molecular weight excluding hydrogens is 330 g/mol. The zero-order valence-electron chi connectivity index (χ0n) is 14.5. The maximum Gasteiger partial charge on any atom is 0.241 e. The molecule has 0 saturated carbocycles. The summed E-state index contributed by atoms with van der Waals surface area (Å²) < 4.78 is 6.03. The molecule has 1 aliphatic rings. The maximum absolute atomic E-state index is 10.8. The fraction of sp³-hybridized carbons (Fsp3) is 0.300. The molecule has 3 rings (SSSR count). The van der Waals surface area contributed by atoms with Crippen LogP contribution in [-0.2, 0) is 11.2 Å². The lowest BCUT2D eigenvalue weighted by Gasteiger charge is -2.27. The van der Waals surface area contributed by atoms with Crippen molar-refractivity contribution in [2.45, 2.75) is 25.0 Å². The average molecular weight is 353 g/mol. The van der Waals surface area contributed by atoms with E-state index in [0.29, 0.717) is 13.1 Å². The number of aliphatic hydroxyl groups excluding tert-OH is 1. The third kappa shape index (κ3) is 4.91. The van der Waals surface area contributed by atoms with Gasteiger partial charge in [-0.2, -0.15) is 0 Å². The van der Waals surface area contributed by atoms with E-state index in [-0.39, 0.29) is 6.10 Å². The number of fused-ring (bicyclic) bond motifs is 1. The van der Waals surface area contributed by atoms with E-state index in [2.05, 4.69) is 10.3 Å². The fourth-order valence-corrected chi connectivity index (χ4v) is 2.96. The second-order valence-corrected chi connectivity index (χ2v) is 6.34. The Morgan fingerprint density at radius 1 is 1.46 bits per heavy atom. The lowest BCUT2D eigenvalue weighted by atomic mass is 9.99. The van der Waals surface area contributed by atoms with Gasteiger partial charge >= 0.3 is 0 Å². The van der Waals surface area contributed by atoms with Crippen LogP contribution < -0.4 is 15.8 Å². The first-order valence-corrected chi connectivity index (χ1v) is 8.67. The van der Waals surface area contributed by atoms with Gasteiger partial charge in [0.1, 0.15) is 11.9 Å². The SMILES string of the molecule is NC(=O)/C=C\c1ccc2c(c1)CC[C@@H](CNC[C@@H](O)c1cccnc1)O2. The van der Waals surface area contributed by atoms with Gasteiger partial charge in [-0.25, -0.2) is 0 Å². The molecule has 0 fully saturated rings. The first kappa shape index (κ1) is 18.1. The van der Waals surface area contributed by atoms with Crippen molar-refractivity contribution in [3.8, 4) is 5.75 Å². The minimum Gasteiger partial charge on any atom is -0.489 e. The molecule has 1 aromatic carbocycles. The van der Waals surface area contributed by atoms with E-state index in [1.54, 1.807) is 18.5 Å². The molecular formula is C20H23N3O3. The number of aromatic nitrogens is 1. The normalized spacial score (nSPS) is 17.5. The van der Waals surface area contributed by atoms with Crippen LogP contribution in [0.15, 0.2) is 48.8 Å². The molecule has 6 nitrogen and oxygen atoms in total. The number of carbonyl (C=O) groups is 1. The third-order valence-electron chi connectivity index (χ3n) is 4.33. The Morgan fingerprint density at radius 2 is 2.35 bits per heavy atom. The number of hydrogen-bond acceptors (Lipinski definition) is 5. The van der Waals surface area contributed by atoms with E-state index in [1.807, 2.05) is 30.3 Å². The monoisotopic (exact) mass is 353 g/mol. The van der Waals surface area contributed by atoms with Gasteiger partial charge in [0.05, 0.1) is 6.10 Å². The Hall–Kier alpha value is -2.70. The van der Waals surface area contributed by atoms with Crippen LogP contribution in [0.1, 0.15) is 29.2 Å². The van der Waals surface area contributed by atoms with Crippen LogP contribution in [0.25, 0.3) is 6.08 Å². The number of nitrogens with one attached hydrogen (secondary N) is 1. The Morgan fingerprint density at radius 3 is 3.12 bits per heavy atom. The number of hydrogen-bond donors (Lipinski definition) is 3. The number of aryl methyl sites for hydroxylation is 1. The van der Waals surface area contributed by atoms with Crippen molar-refractivity contribution in [1.29, 1.82) is 0 Å². The maximum atomic E-state index is 10.8. The molecule has 1 amide bonds. The molecule has 26 heavy (non-hydrogen) atoms. The number of primary amides is 1. The third-order valence-corrected chi connectivity index (χ3v) is 4.33. The second kappa shape index (κ2) is 8.60. The average Bonchev–Trinajstić information content (AvgIpc) is 2.66. The van der Waals surface area contributed by atoms with Crippen molar-refractivity contribution in [2.24, 2.45) is 5.73 Å². The Balaban J connectivity index is 1.50. The number of benzene rings is 1. The number of nitrogens with two attached hydrogens (primary N) is 1. The van der Waals surface area contributed by atoms with Gasteiger partial charge in [0, 0.05) is 37.1 Å². The Labute approximate surface area is 152 Å². The first-order valence-electron chi connectivity index (χ1n) is 8.67. The quantitative estimate of drug-likeness (QED) is 0.657. The molecule has 0 radical (unpaired) electrons. The van der Waals surface area contributed by atoms with E-state index in [0.717, 1.165) is 35.3 Å². The van der Waals surface area contributed by atoms with Gasteiger partial charge in [-0.1, -0.05) is 12.1 Å². The van der Waals surface area contributed by atoms with E-state index < -0.39 is 12.0 Å². The number of aliphatic hydroxyl groups is 1. The van der Waals surface area contributed by atoms with E-state index >= 15 is 0 Å². The topological polar surface area (TPSA) is 97.5 Å².